The summed E-state index contributed by atoms with van der Waals surface area (Å²) in [5.41, 5.74) is 0.955. The molecule has 5 nitrogen and oxygen atoms in total. The Morgan fingerprint density at radius 1 is 1.28 bits per heavy atom. The van der Waals surface area contributed by atoms with E-state index in [0.717, 1.165) is 31.0 Å². The summed E-state index contributed by atoms with van der Waals surface area (Å²) in [5, 5.41) is 3.38. The molecule has 0 saturated heterocycles. The highest BCUT2D eigenvalue weighted by Crippen LogP contribution is 2.10. The molecule has 0 amide bonds. The van der Waals surface area contributed by atoms with Crippen molar-refractivity contribution in [3.05, 3.63) is 30.6 Å². The maximum absolute atomic E-state index is 5.40. The number of imidazole rings is 1. The van der Waals surface area contributed by atoms with Gasteiger partial charge in [-0.15, -0.1) is 0 Å². The van der Waals surface area contributed by atoms with E-state index in [9.17, 15) is 0 Å². The fourth-order valence-corrected chi connectivity index (χ4v) is 1.73. The van der Waals surface area contributed by atoms with Crippen molar-refractivity contribution in [1.29, 1.82) is 0 Å². The molecular formula is C13H19N3O2. The van der Waals surface area contributed by atoms with E-state index in [4.69, 9.17) is 9.47 Å². The summed E-state index contributed by atoms with van der Waals surface area (Å²) in [4.78, 5) is 4.24. The van der Waals surface area contributed by atoms with E-state index in [1.54, 1.807) is 13.3 Å². The number of nitrogens with one attached hydrogen (secondary N) is 1. The van der Waals surface area contributed by atoms with Gasteiger partial charge in [-0.25, -0.2) is 4.98 Å². The molecule has 0 atom stereocenters. The van der Waals surface area contributed by atoms with Crippen molar-refractivity contribution in [2.24, 2.45) is 0 Å². The fraction of sp³-hybridized carbons (Fsp3) is 0.462. The van der Waals surface area contributed by atoms with Gasteiger partial charge in [0.1, 0.15) is 11.5 Å². The van der Waals surface area contributed by atoms with Gasteiger partial charge in [0, 0.05) is 32.7 Å². The zero-order valence-electron chi connectivity index (χ0n) is 10.6. The summed E-state index contributed by atoms with van der Waals surface area (Å²) in [6.45, 7) is 2.94. The van der Waals surface area contributed by atoms with E-state index >= 15 is 0 Å². The number of methoxy groups -OCH3 is 1. The lowest BCUT2D eigenvalue weighted by Gasteiger charge is -2.09. The molecule has 0 bridgehead atoms. The molecule has 1 N–H and O–H groups in total. The second kappa shape index (κ2) is 6.98. The molecule has 0 spiro atoms. The highest BCUT2D eigenvalue weighted by molar-refractivity contribution is 5.49. The van der Waals surface area contributed by atoms with Crippen LogP contribution in [0.15, 0.2) is 30.6 Å². The predicted molar refractivity (Wildman–Crippen MR) is 71.0 cm³/mol. The standard InChI is InChI=1S/C13H19N3O2/c1-17-10-11-18-9-3-6-14-12-4-2-5-13-15-7-8-16(12)13/h2,4-5,7-8,14H,3,6,9-11H2,1H3. The fourth-order valence-electron chi connectivity index (χ4n) is 1.73. The predicted octanol–water partition coefficient (Wildman–Crippen LogP) is 1.80. The van der Waals surface area contributed by atoms with Crippen LogP contribution in [0.5, 0.6) is 0 Å². The molecule has 0 aliphatic carbocycles. The van der Waals surface area contributed by atoms with Gasteiger partial charge in [0.2, 0.25) is 0 Å². The minimum absolute atomic E-state index is 0.655. The minimum atomic E-state index is 0.655. The monoisotopic (exact) mass is 249 g/mol. The molecule has 0 aromatic carbocycles. The summed E-state index contributed by atoms with van der Waals surface area (Å²) in [7, 11) is 1.68. The second-order valence-corrected chi connectivity index (χ2v) is 3.95. The van der Waals surface area contributed by atoms with E-state index in [1.165, 1.54) is 0 Å². The molecule has 18 heavy (non-hydrogen) atoms. The van der Waals surface area contributed by atoms with Crippen LogP contribution in [-0.2, 0) is 9.47 Å². The van der Waals surface area contributed by atoms with Gasteiger partial charge >= 0.3 is 0 Å². The van der Waals surface area contributed by atoms with Gasteiger partial charge in [-0.2, -0.15) is 0 Å². The van der Waals surface area contributed by atoms with Crippen LogP contribution in [0.4, 0.5) is 5.82 Å². The smallest absolute Gasteiger partial charge is 0.138 e. The Balaban J connectivity index is 1.72. The highest BCUT2D eigenvalue weighted by atomic mass is 16.5. The van der Waals surface area contributed by atoms with Crippen LogP contribution < -0.4 is 5.32 Å². The van der Waals surface area contributed by atoms with Crippen molar-refractivity contribution in [2.75, 3.05) is 38.8 Å². The van der Waals surface area contributed by atoms with Gasteiger partial charge in [0.25, 0.3) is 0 Å². The Hall–Kier alpha value is -1.59. The molecule has 0 unspecified atom stereocenters. The summed E-state index contributed by atoms with van der Waals surface area (Å²) in [5.74, 6) is 1.06. The van der Waals surface area contributed by atoms with Crippen molar-refractivity contribution < 1.29 is 9.47 Å². The van der Waals surface area contributed by atoms with E-state index in [-0.39, 0.29) is 0 Å². The number of aromatic nitrogens is 2. The third kappa shape index (κ3) is 3.45. The van der Waals surface area contributed by atoms with E-state index in [1.807, 2.05) is 28.8 Å². The Bertz CT molecular complexity index is 470. The molecule has 2 aromatic rings. The molecule has 2 heterocycles. The van der Waals surface area contributed by atoms with Crippen molar-refractivity contribution in [3.63, 3.8) is 0 Å². The van der Waals surface area contributed by atoms with Crippen LogP contribution in [0.2, 0.25) is 0 Å². The van der Waals surface area contributed by atoms with Gasteiger partial charge in [-0.05, 0) is 18.6 Å². The molecule has 0 fully saturated rings. The maximum Gasteiger partial charge on any atom is 0.138 e. The average Bonchev–Trinajstić information content (AvgIpc) is 2.86. The van der Waals surface area contributed by atoms with E-state index in [2.05, 4.69) is 10.3 Å². The number of hydrogen-bond acceptors (Lipinski definition) is 4. The highest BCUT2D eigenvalue weighted by Gasteiger charge is 1.98. The van der Waals surface area contributed by atoms with Crippen LogP contribution in [-0.4, -0.2) is 42.9 Å². The van der Waals surface area contributed by atoms with Crippen LogP contribution in [0.1, 0.15) is 6.42 Å². The molecule has 98 valence electrons. The third-order valence-corrected chi connectivity index (χ3v) is 2.63. The lowest BCUT2D eigenvalue weighted by atomic mass is 10.4. The number of anilines is 1. The SMILES string of the molecule is COCCOCCCNc1cccc2nccn12. The van der Waals surface area contributed by atoms with Crippen LogP contribution >= 0.6 is 0 Å². The number of pyridine rings is 1. The molecule has 0 saturated carbocycles. The van der Waals surface area contributed by atoms with Crippen molar-refractivity contribution in [3.8, 4) is 0 Å². The second-order valence-electron chi connectivity index (χ2n) is 3.95. The number of nitrogens with zero attached hydrogens (tertiary/aromatic N) is 2. The zero-order chi connectivity index (χ0) is 12.6. The molecule has 0 radical (unpaired) electrons. The summed E-state index contributed by atoms with van der Waals surface area (Å²) in [6.07, 6.45) is 4.72. The summed E-state index contributed by atoms with van der Waals surface area (Å²) in [6, 6.07) is 6.03. The lowest BCUT2D eigenvalue weighted by Crippen LogP contribution is -2.10. The first-order valence-corrected chi connectivity index (χ1v) is 6.14. The number of hydrogen-bond donors (Lipinski definition) is 1. The molecule has 0 aliphatic rings. The lowest BCUT2D eigenvalue weighted by molar-refractivity contribution is 0.0705. The normalized spacial score (nSPS) is 10.9. The van der Waals surface area contributed by atoms with Gasteiger partial charge in [0.15, 0.2) is 0 Å². The van der Waals surface area contributed by atoms with Crippen molar-refractivity contribution in [1.82, 2.24) is 9.38 Å². The van der Waals surface area contributed by atoms with Gasteiger partial charge in [0.05, 0.1) is 13.2 Å². The largest absolute Gasteiger partial charge is 0.382 e. The van der Waals surface area contributed by atoms with Crippen LogP contribution in [0.3, 0.4) is 0 Å². The third-order valence-electron chi connectivity index (χ3n) is 2.63. The van der Waals surface area contributed by atoms with Crippen molar-refractivity contribution in [2.45, 2.75) is 6.42 Å². The Kier molecular flexibility index (Phi) is 4.99. The molecule has 2 rings (SSSR count). The minimum Gasteiger partial charge on any atom is -0.382 e. The molecule has 2 aromatic heterocycles. The van der Waals surface area contributed by atoms with Crippen molar-refractivity contribution >= 4 is 11.5 Å². The summed E-state index contributed by atoms with van der Waals surface area (Å²) >= 11 is 0. The Labute approximate surface area is 107 Å². The summed E-state index contributed by atoms with van der Waals surface area (Å²) < 4.78 is 12.3. The number of ether oxygens (including phenoxy) is 2. The average molecular weight is 249 g/mol. The van der Waals surface area contributed by atoms with Gasteiger partial charge < -0.3 is 14.8 Å². The quantitative estimate of drug-likeness (QED) is 0.725. The first-order valence-electron chi connectivity index (χ1n) is 6.14. The van der Waals surface area contributed by atoms with E-state index < -0.39 is 0 Å². The van der Waals surface area contributed by atoms with E-state index in [0.29, 0.717) is 13.2 Å². The topological polar surface area (TPSA) is 47.8 Å². The first-order chi connectivity index (χ1) is 8.92. The molecule has 0 aliphatic heterocycles. The Morgan fingerprint density at radius 3 is 3.11 bits per heavy atom. The first kappa shape index (κ1) is 12.9. The number of rotatable bonds is 8. The molecular weight excluding hydrogens is 230 g/mol. The molecule has 5 heteroatoms. The van der Waals surface area contributed by atoms with Gasteiger partial charge in [-0.1, -0.05) is 6.07 Å². The number of fused-ring (bicyclic) bond motifs is 1. The van der Waals surface area contributed by atoms with Gasteiger partial charge in [-0.3, -0.25) is 4.40 Å². The van der Waals surface area contributed by atoms with Crippen LogP contribution in [0, 0.1) is 0 Å². The maximum atomic E-state index is 5.40. The Morgan fingerprint density at radius 2 is 2.22 bits per heavy atom. The zero-order valence-corrected chi connectivity index (χ0v) is 10.6. The van der Waals surface area contributed by atoms with Crippen LogP contribution in [0.25, 0.3) is 5.65 Å².